The predicted octanol–water partition coefficient (Wildman–Crippen LogP) is 3.69. The maximum Gasteiger partial charge on any atom is 0.337 e. The summed E-state index contributed by atoms with van der Waals surface area (Å²) in [5.74, 6) is 1.50. The molecule has 0 aliphatic carbocycles. The number of hydrogen-bond donors (Lipinski definition) is 4. The highest BCUT2D eigenvalue weighted by Crippen LogP contribution is 2.21. The number of rotatable bonds is 23. The van der Waals surface area contributed by atoms with Crippen LogP contribution >= 0.6 is 24.4 Å². The van der Waals surface area contributed by atoms with Crippen molar-refractivity contribution < 1.29 is 18.9 Å². The van der Waals surface area contributed by atoms with Crippen LogP contribution in [-0.2, 0) is 9.47 Å². The van der Waals surface area contributed by atoms with Crippen LogP contribution in [0.25, 0.3) is 0 Å². The molecule has 0 radical (unpaired) electrons. The lowest BCUT2D eigenvalue weighted by atomic mass is 10.0. The summed E-state index contributed by atoms with van der Waals surface area (Å²) < 4.78 is 11.9. The fraction of sp³-hybridized carbons (Fsp3) is 0.900. The molecule has 0 saturated carbocycles. The van der Waals surface area contributed by atoms with Crippen LogP contribution in [0, 0.1) is 0 Å². The number of epoxide rings is 2. The molecule has 3 aliphatic rings. The Kier molecular flexibility index (Phi) is 16.1. The molecule has 0 aromatic rings. The predicted molar refractivity (Wildman–Crippen MR) is 169 cm³/mol. The van der Waals surface area contributed by atoms with Crippen LogP contribution in [0.3, 0.4) is 0 Å². The van der Waals surface area contributed by atoms with E-state index in [4.69, 9.17) is 33.9 Å². The first-order valence-corrected chi connectivity index (χ1v) is 17.0. The largest absolute Gasteiger partial charge is 0.371 e. The Hall–Kier alpha value is -0.870. The smallest absolute Gasteiger partial charge is 0.337 e. The van der Waals surface area contributed by atoms with E-state index in [0.717, 1.165) is 57.0 Å². The number of nitrogens with zero attached hydrogens (tertiary/aromatic N) is 1. The van der Waals surface area contributed by atoms with Gasteiger partial charge >= 0.3 is 5.84 Å². The lowest BCUT2D eigenvalue weighted by Crippen LogP contribution is -2.73. The van der Waals surface area contributed by atoms with E-state index in [1.54, 1.807) is 0 Å². The van der Waals surface area contributed by atoms with E-state index in [-0.39, 0.29) is 0 Å². The molecule has 3 heterocycles. The van der Waals surface area contributed by atoms with Crippen molar-refractivity contribution in [1.29, 1.82) is 0 Å². The maximum atomic E-state index is 5.66. The minimum absolute atomic E-state index is 0.293. The Morgan fingerprint density at radius 2 is 1.33 bits per heavy atom. The number of ether oxygens (including phenoxy) is 2. The van der Waals surface area contributed by atoms with E-state index < -0.39 is 0 Å². The second-order valence-corrected chi connectivity index (χ2v) is 12.7. The van der Waals surface area contributed by atoms with Crippen molar-refractivity contribution in [3.63, 3.8) is 0 Å². The monoisotopic (exact) mass is 583 g/mol. The van der Waals surface area contributed by atoms with Crippen molar-refractivity contribution in [2.24, 2.45) is 0 Å². The van der Waals surface area contributed by atoms with E-state index in [1.807, 2.05) is 0 Å². The number of unbranched alkanes of at least 4 members (excludes halogenated alkanes) is 14. The molecule has 0 amide bonds. The molecular weight excluding hydrogens is 526 g/mol. The zero-order valence-electron chi connectivity index (χ0n) is 24.7. The quantitative estimate of drug-likeness (QED) is 0.0633. The maximum absolute atomic E-state index is 5.66. The molecule has 0 bridgehead atoms. The zero-order chi connectivity index (χ0) is 27.6. The molecule has 3 unspecified atom stereocenters. The molecule has 3 rings (SSSR count). The van der Waals surface area contributed by atoms with Gasteiger partial charge in [-0.1, -0.05) is 96.8 Å². The normalized spacial score (nSPS) is 23.4. The summed E-state index contributed by atoms with van der Waals surface area (Å²) in [7, 11) is 0. The van der Waals surface area contributed by atoms with Gasteiger partial charge in [-0.15, -0.1) is 0 Å². The van der Waals surface area contributed by atoms with Gasteiger partial charge in [0.05, 0.1) is 32.3 Å². The summed E-state index contributed by atoms with van der Waals surface area (Å²) in [4.78, 5) is 3.75. The van der Waals surface area contributed by atoms with Gasteiger partial charge in [0.2, 0.25) is 0 Å². The van der Waals surface area contributed by atoms with E-state index in [1.165, 1.54) is 109 Å². The fourth-order valence-corrected chi connectivity index (χ4v) is 6.23. The minimum Gasteiger partial charge on any atom is -0.371 e. The number of thiocarbonyl (C=S) groups is 2. The Bertz CT molecular complexity index is 745. The first-order valence-electron chi connectivity index (χ1n) is 16.1. The number of hydrogen-bond acceptors (Lipinski definition) is 4. The molecule has 39 heavy (non-hydrogen) atoms. The summed E-state index contributed by atoms with van der Waals surface area (Å²) >= 11 is 10.8. The Balaban J connectivity index is 1.22. The number of quaternary nitrogens is 1. The van der Waals surface area contributed by atoms with Crippen molar-refractivity contribution in [3.8, 4) is 0 Å². The van der Waals surface area contributed by atoms with Gasteiger partial charge in [0.15, 0.2) is 16.8 Å². The van der Waals surface area contributed by atoms with Crippen LogP contribution in [0.4, 0.5) is 0 Å². The van der Waals surface area contributed by atoms with Gasteiger partial charge in [-0.05, 0) is 30.9 Å². The second kappa shape index (κ2) is 19.3. The van der Waals surface area contributed by atoms with Crippen LogP contribution in [0.15, 0.2) is 0 Å². The van der Waals surface area contributed by atoms with Gasteiger partial charge in [0.1, 0.15) is 25.7 Å². The SMILES string of the molecule is CCCCCCCCCCCCCCCCCC1=[NH+]CC[N+]1(CCNC(=S)NC(=S)NCC1CO1)CC1CO1. The van der Waals surface area contributed by atoms with Gasteiger partial charge < -0.3 is 25.4 Å². The van der Waals surface area contributed by atoms with Crippen molar-refractivity contribution in [1.82, 2.24) is 16.0 Å². The molecule has 3 atom stereocenters. The van der Waals surface area contributed by atoms with Crippen LogP contribution in [0.5, 0.6) is 0 Å². The number of nitrogens with one attached hydrogen (secondary N) is 4. The fourth-order valence-electron chi connectivity index (χ4n) is 5.78. The molecule has 4 N–H and O–H groups in total. The first-order chi connectivity index (χ1) is 19.1. The molecule has 0 aromatic heterocycles. The van der Waals surface area contributed by atoms with Crippen molar-refractivity contribution >= 4 is 40.5 Å². The van der Waals surface area contributed by atoms with E-state index in [0.29, 0.717) is 22.4 Å². The summed E-state index contributed by atoms with van der Waals surface area (Å²) in [6.07, 6.45) is 23.0. The first kappa shape index (κ1) is 32.6. The van der Waals surface area contributed by atoms with Gasteiger partial charge in [-0.25, -0.2) is 4.48 Å². The summed E-state index contributed by atoms with van der Waals surface area (Å²) in [6, 6.07) is 0. The van der Waals surface area contributed by atoms with E-state index in [9.17, 15) is 0 Å². The van der Waals surface area contributed by atoms with Gasteiger partial charge in [0.25, 0.3) is 0 Å². The van der Waals surface area contributed by atoms with Crippen LogP contribution in [0.2, 0.25) is 0 Å². The topological polar surface area (TPSA) is 75.1 Å². The lowest BCUT2D eigenvalue weighted by molar-refractivity contribution is -0.838. The molecule has 0 spiro atoms. The van der Waals surface area contributed by atoms with Crippen molar-refractivity contribution in [2.45, 2.75) is 122 Å². The summed E-state index contributed by atoms with van der Waals surface area (Å²) in [5, 5.41) is 10.7. The van der Waals surface area contributed by atoms with Crippen molar-refractivity contribution in [3.05, 3.63) is 0 Å². The summed E-state index contributed by atoms with van der Waals surface area (Å²) in [5.41, 5.74) is 0. The third-order valence-corrected chi connectivity index (χ3v) is 8.85. The van der Waals surface area contributed by atoms with Gasteiger partial charge in [-0.2, -0.15) is 4.99 Å². The average Bonchev–Trinajstić information content (AvgIpc) is 3.85. The third-order valence-electron chi connectivity index (χ3n) is 8.36. The van der Waals surface area contributed by atoms with Gasteiger partial charge in [-0.3, -0.25) is 0 Å². The molecule has 0 aromatic carbocycles. The second-order valence-electron chi connectivity index (χ2n) is 11.8. The van der Waals surface area contributed by atoms with E-state index >= 15 is 0 Å². The highest BCUT2D eigenvalue weighted by Gasteiger charge is 2.47. The Labute approximate surface area is 249 Å². The molecule has 9 heteroatoms. The molecule has 2 fully saturated rings. The van der Waals surface area contributed by atoms with E-state index in [2.05, 4.69) is 27.9 Å². The number of amidine groups is 1. The Morgan fingerprint density at radius 3 is 1.90 bits per heavy atom. The summed E-state index contributed by atoms with van der Waals surface area (Å²) in [6.45, 7) is 9.85. The van der Waals surface area contributed by atoms with Gasteiger partial charge in [0, 0.05) is 6.54 Å². The highest BCUT2D eigenvalue weighted by atomic mass is 32.1. The van der Waals surface area contributed by atoms with Crippen molar-refractivity contribution in [2.75, 3.05) is 52.5 Å². The molecule has 3 aliphatic heterocycles. The lowest BCUT2D eigenvalue weighted by Gasteiger charge is -2.31. The Morgan fingerprint density at radius 1 is 0.795 bits per heavy atom. The zero-order valence-corrected chi connectivity index (χ0v) is 26.3. The van der Waals surface area contributed by atoms with Crippen LogP contribution in [0.1, 0.15) is 110 Å². The minimum atomic E-state index is 0.293. The molecule has 2 saturated heterocycles. The molecule has 224 valence electrons. The standard InChI is InChI=1S/C30H55N5O2S2/c1-2-3-4-5-6-7-8-9-10-11-12-13-14-15-16-17-28-31-18-20-35(28,23-27-25-37-27)21-19-32-29(38)34-30(39)33-22-26-24-36-26/h26-27H,2-25H2,1H3,(H2-,32,33,34,38,39)/p+2. The van der Waals surface area contributed by atoms with Crippen LogP contribution < -0.4 is 20.9 Å². The van der Waals surface area contributed by atoms with Crippen LogP contribution in [-0.4, -0.2) is 85.2 Å². The molecule has 7 nitrogen and oxygen atoms in total. The highest BCUT2D eigenvalue weighted by molar-refractivity contribution is 7.81. The third kappa shape index (κ3) is 14.5. The molecular formula is C30H57N5O2S2+2. The average molecular weight is 584 g/mol.